The molecule has 1 atom stereocenters. The molecule has 2 N–H and O–H groups in total. The van der Waals surface area contributed by atoms with Crippen LogP contribution >= 0.6 is 0 Å². The van der Waals surface area contributed by atoms with E-state index in [1.165, 1.54) is 0 Å². The van der Waals surface area contributed by atoms with E-state index < -0.39 is 11.4 Å². The van der Waals surface area contributed by atoms with E-state index in [0.717, 1.165) is 0 Å². The Morgan fingerprint density at radius 2 is 2.00 bits per heavy atom. The summed E-state index contributed by atoms with van der Waals surface area (Å²) in [4.78, 5) is 10.6. The molecule has 0 rings (SSSR count). The van der Waals surface area contributed by atoms with Crippen molar-refractivity contribution in [3.8, 4) is 0 Å². The summed E-state index contributed by atoms with van der Waals surface area (Å²) >= 11 is 0. The summed E-state index contributed by atoms with van der Waals surface area (Å²) in [6.45, 7) is 5.26. The van der Waals surface area contributed by atoms with Gasteiger partial charge in [-0.2, -0.15) is 0 Å². The highest BCUT2D eigenvalue weighted by molar-refractivity contribution is 5.74. The van der Waals surface area contributed by atoms with Crippen LogP contribution < -0.4 is 5.32 Å². The molecule has 1 unspecified atom stereocenters. The number of hydrogen-bond acceptors (Lipinski definition) is 2. The summed E-state index contributed by atoms with van der Waals surface area (Å²) in [5, 5.41) is 11.6. The first-order chi connectivity index (χ1) is 4.42. The van der Waals surface area contributed by atoms with Gasteiger partial charge in [-0.3, -0.25) is 4.79 Å². The lowest BCUT2D eigenvalue weighted by atomic mass is 9.86. The lowest BCUT2D eigenvalue weighted by molar-refractivity contribution is -0.148. The van der Waals surface area contributed by atoms with E-state index in [-0.39, 0.29) is 6.04 Å². The number of carbonyl (C=O) groups is 1. The summed E-state index contributed by atoms with van der Waals surface area (Å²) < 4.78 is 0. The van der Waals surface area contributed by atoms with Gasteiger partial charge >= 0.3 is 5.97 Å². The molecule has 0 fully saturated rings. The van der Waals surface area contributed by atoms with Crippen LogP contribution in [0.1, 0.15) is 20.8 Å². The van der Waals surface area contributed by atoms with Crippen molar-refractivity contribution in [2.24, 2.45) is 5.41 Å². The molecule has 0 bridgehead atoms. The summed E-state index contributed by atoms with van der Waals surface area (Å²) in [6.07, 6.45) is 0. The highest BCUT2D eigenvalue weighted by Crippen LogP contribution is 2.19. The predicted molar refractivity (Wildman–Crippen MR) is 39.9 cm³/mol. The Morgan fingerprint density at radius 3 is 2.10 bits per heavy atom. The first kappa shape index (κ1) is 9.43. The van der Waals surface area contributed by atoms with Crippen molar-refractivity contribution in [1.82, 2.24) is 5.32 Å². The largest absolute Gasteiger partial charge is 0.481 e. The van der Waals surface area contributed by atoms with E-state index in [4.69, 9.17) is 5.11 Å². The molecule has 0 aliphatic carbocycles. The van der Waals surface area contributed by atoms with Crippen LogP contribution in [-0.4, -0.2) is 24.2 Å². The van der Waals surface area contributed by atoms with Gasteiger partial charge in [-0.1, -0.05) is 0 Å². The van der Waals surface area contributed by atoms with Crippen molar-refractivity contribution >= 4 is 5.97 Å². The highest BCUT2D eigenvalue weighted by atomic mass is 16.4. The third-order valence-corrected chi connectivity index (χ3v) is 2.07. The third kappa shape index (κ3) is 1.70. The van der Waals surface area contributed by atoms with E-state index in [1.54, 1.807) is 20.9 Å². The number of hydrogen-bond donors (Lipinski definition) is 2. The fourth-order valence-corrected chi connectivity index (χ4v) is 0.546. The number of rotatable bonds is 3. The van der Waals surface area contributed by atoms with Crippen molar-refractivity contribution < 1.29 is 9.90 Å². The minimum atomic E-state index is -0.769. The molecule has 0 saturated heterocycles. The van der Waals surface area contributed by atoms with Crippen LogP contribution in [0.5, 0.6) is 0 Å². The van der Waals surface area contributed by atoms with Gasteiger partial charge in [0.1, 0.15) is 0 Å². The van der Waals surface area contributed by atoms with Gasteiger partial charge in [0.15, 0.2) is 0 Å². The zero-order valence-corrected chi connectivity index (χ0v) is 6.93. The fraction of sp³-hybridized carbons (Fsp3) is 0.857. The second-order valence-electron chi connectivity index (χ2n) is 3.04. The van der Waals surface area contributed by atoms with Crippen LogP contribution in [0.2, 0.25) is 0 Å². The smallest absolute Gasteiger partial charge is 0.310 e. The van der Waals surface area contributed by atoms with Gasteiger partial charge in [-0.15, -0.1) is 0 Å². The standard InChI is InChI=1S/C7H15NO2/c1-5(8-4)7(2,3)6(9)10/h5,8H,1-4H3,(H,9,10). The number of carboxylic acid groups (broad SMARTS) is 1. The minimum absolute atomic E-state index is 0.00926. The average Bonchev–Trinajstić information content (AvgIpc) is 1.86. The normalized spacial score (nSPS) is 14.8. The molecule has 0 radical (unpaired) electrons. The van der Waals surface area contributed by atoms with Crippen LogP contribution in [0.3, 0.4) is 0 Å². The Morgan fingerprint density at radius 1 is 1.60 bits per heavy atom. The molecule has 0 aliphatic heterocycles. The van der Waals surface area contributed by atoms with Crippen molar-refractivity contribution in [2.45, 2.75) is 26.8 Å². The van der Waals surface area contributed by atoms with E-state index in [9.17, 15) is 4.79 Å². The number of aliphatic carboxylic acids is 1. The van der Waals surface area contributed by atoms with E-state index in [1.807, 2.05) is 6.92 Å². The van der Waals surface area contributed by atoms with Crippen molar-refractivity contribution in [2.75, 3.05) is 7.05 Å². The maximum absolute atomic E-state index is 10.6. The molecular weight excluding hydrogens is 130 g/mol. The predicted octanol–water partition coefficient (Wildman–Crippen LogP) is 0.705. The topological polar surface area (TPSA) is 49.3 Å². The van der Waals surface area contributed by atoms with Gasteiger partial charge in [0.2, 0.25) is 0 Å². The zero-order chi connectivity index (χ0) is 8.36. The van der Waals surface area contributed by atoms with E-state index in [2.05, 4.69) is 5.32 Å². The molecule has 0 spiro atoms. The lowest BCUT2D eigenvalue weighted by Crippen LogP contribution is -2.42. The van der Waals surface area contributed by atoms with E-state index in [0.29, 0.717) is 0 Å². The van der Waals surface area contributed by atoms with Crippen LogP contribution in [0, 0.1) is 5.41 Å². The van der Waals surface area contributed by atoms with Gasteiger partial charge in [0, 0.05) is 6.04 Å². The Kier molecular flexibility index (Phi) is 2.84. The minimum Gasteiger partial charge on any atom is -0.481 e. The first-order valence-corrected chi connectivity index (χ1v) is 3.33. The maximum Gasteiger partial charge on any atom is 0.310 e. The molecular formula is C7H15NO2. The maximum atomic E-state index is 10.6. The van der Waals surface area contributed by atoms with Crippen LogP contribution in [-0.2, 0) is 4.79 Å². The van der Waals surface area contributed by atoms with Gasteiger partial charge in [-0.25, -0.2) is 0 Å². The molecule has 0 aromatic rings. The van der Waals surface area contributed by atoms with Crippen LogP contribution in [0.15, 0.2) is 0 Å². The van der Waals surface area contributed by atoms with Crippen molar-refractivity contribution in [1.29, 1.82) is 0 Å². The zero-order valence-electron chi connectivity index (χ0n) is 6.93. The second-order valence-corrected chi connectivity index (χ2v) is 3.04. The van der Waals surface area contributed by atoms with Gasteiger partial charge in [-0.05, 0) is 27.8 Å². The molecule has 0 heterocycles. The third-order valence-electron chi connectivity index (χ3n) is 2.07. The quantitative estimate of drug-likeness (QED) is 0.614. The Bertz CT molecular complexity index is 132. The van der Waals surface area contributed by atoms with E-state index >= 15 is 0 Å². The lowest BCUT2D eigenvalue weighted by Gasteiger charge is -2.26. The second kappa shape index (κ2) is 3.01. The SMILES string of the molecule is CNC(C)C(C)(C)C(=O)O. The fourth-order valence-electron chi connectivity index (χ4n) is 0.546. The molecule has 60 valence electrons. The van der Waals surface area contributed by atoms with Crippen LogP contribution in [0.4, 0.5) is 0 Å². The van der Waals surface area contributed by atoms with Gasteiger partial charge in [0.25, 0.3) is 0 Å². The molecule has 3 nitrogen and oxygen atoms in total. The molecule has 0 aromatic carbocycles. The molecule has 0 amide bonds. The Balaban J connectivity index is 4.23. The highest BCUT2D eigenvalue weighted by Gasteiger charge is 2.32. The summed E-state index contributed by atoms with van der Waals surface area (Å²) in [5.41, 5.74) is -0.686. The molecule has 10 heavy (non-hydrogen) atoms. The van der Waals surface area contributed by atoms with Gasteiger partial charge < -0.3 is 10.4 Å². The monoisotopic (exact) mass is 145 g/mol. The summed E-state index contributed by atoms with van der Waals surface area (Å²) in [7, 11) is 1.76. The van der Waals surface area contributed by atoms with Gasteiger partial charge in [0.05, 0.1) is 5.41 Å². The van der Waals surface area contributed by atoms with Crippen LogP contribution in [0.25, 0.3) is 0 Å². The first-order valence-electron chi connectivity index (χ1n) is 3.33. The Hall–Kier alpha value is -0.570. The summed E-state index contributed by atoms with van der Waals surface area (Å²) in [6, 6.07) is -0.00926. The molecule has 0 aromatic heterocycles. The summed E-state index contributed by atoms with van der Waals surface area (Å²) in [5.74, 6) is -0.769. The molecule has 0 saturated carbocycles. The van der Waals surface area contributed by atoms with Crippen molar-refractivity contribution in [3.05, 3.63) is 0 Å². The average molecular weight is 145 g/mol. The molecule has 3 heteroatoms. The Labute approximate surface area is 61.4 Å². The number of carboxylic acids is 1. The van der Waals surface area contributed by atoms with Crippen molar-refractivity contribution in [3.63, 3.8) is 0 Å². The number of nitrogens with one attached hydrogen (secondary N) is 1. The molecule has 0 aliphatic rings.